The van der Waals surface area contributed by atoms with Crippen LogP contribution in [0.15, 0.2) is 12.1 Å². The highest BCUT2D eigenvalue weighted by Gasteiger charge is 2.04. The molecular formula is C7H10N2O2. The minimum atomic E-state index is 0.0496. The van der Waals surface area contributed by atoms with Gasteiger partial charge in [0.05, 0.1) is 18.5 Å². The first-order chi connectivity index (χ1) is 5.15. The Morgan fingerprint density at radius 1 is 1.36 bits per heavy atom. The first-order valence-corrected chi connectivity index (χ1v) is 3.07. The summed E-state index contributed by atoms with van der Waals surface area (Å²) in [7, 11) is 1.46. The van der Waals surface area contributed by atoms with Gasteiger partial charge in [-0.15, -0.1) is 0 Å². The highest BCUT2D eigenvalue weighted by atomic mass is 16.5. The molecule has 0 fully saturated rings. The number of nitrogens with two attached hydrogens (primary N) is 2. The minimum Gasteiger partial charge on any atom is -0.508 e. The van der Waals surface area contributed by atoms with Crippen molar-refractivity contribution < 1.29 is 9.84 Å². The van der Waals surface area contributed by atoms with Gasteiger partial charge in [-0.2, -0.15) is 0 Å². The second-order valence-corrected chi connectivity index (χ2v) is 2.15. The number of methoxy groups -OCH3 is 1. The van der Waals surface area contributed by atoms with Crippen LogP contribution in [0.5, 0.6) is 11.5 Å². The van der Waals surface area contributed by atoms with Crippen molar-refractivity contribution in [2.75, 3.05) is 18.6 Å². The monoisotopic (exact) mass is 154 g/mol. The van der Waals surface area contributed by atoms with Crippen molar-refractivity contribution in [3.8, 4) is 11.5 Å². The van der Waals surface area contributed by atoms with E-state index < -0.39 is 0 Å². The molecule has 0 bridgehead atoms. The normalized spacial score (nSPS) is 9.55. The summed E-state index contributed by atoms with van der Waals surface area (Å²) in [4.78, 5) is 0. The third kappa shape index (κ3) is 1.29. The van der Waals surface area contributed by atoms with Crippen molar-refractivity contribution in [1.82, 2.24) is 0 Å². The first-order valence-electron chi connectivity index (χ1n) is 3.07. The standard InChI is InChI=1S/C7H10N2O2/c1-11-6-3-4(10)2-5(8)7(6)9/h2-3,10H,8-9H2,1H3. The summed E-state index contributed by atoms with van der Waals surface area (Å²) in [5.74, 6) is 0.441. The molecule has 0 heterocycles. The van der Waals surface area contributed by atoms with Crippen molar-refractivity contribution in [3.05, 3.63) is 12.1 Å². The van der Waals surface area contributed by atoms with Gasteiger partial charge in [0.2, 0.25) is 0 Å². The molecule has 0 saturated heterocycles. The number of phenolic OH excluding ortho intramolecular Hbond substituents is 1. The van der Waals surface area contributed by atoms with Gasteiger partial charge in [0.1, 0.15) is 11.5 Å². The molecule has 60 valence electrons. The SMILES string of the molecule is COc1cc(O)cc(N)c1N. The predicted molar refractivity (Wildman–Crippen MR) is 43.5 cm³/mol. The Morgan fingerprint density at radius 3 is 2.55 bits per heavy atom. The Morgan fingerprint density at radius 2 is 2.00 bits per heavy atom. The number of ether oxygens (including phenoxy) is 1. The lowest BCUT2D eigenvalue weighted by Gasteiger charge is -2.06. The maximum Gasteiger partial charge on any atom is 0.147 e. The van der Waals surface area contributed by atoms with Crippen LogP contribution < -0.4 is 16.2 Å². The van der Waals surface area contributed by atoms with Crippen molar-refractivity contribution >= 4 is 11.4 Å². The van der Waals surface area contributed by atoms with Crippen LogP contribution in [0.25, 0.3) is 0 Å². The minimum absolute atomic E-state index is 0.0496. The third-order valence-corrected chi connectivity index (χ3v) is 1.38. The fourth-order valence-electron chi connectivity index (χ4n) is 0.802. The molecule has 0 unspecified atom stereocenters. The van der Waals surface area contributed by atoms with E-state index in [4.69, 9.17) is 21.3 Å². The van der Waals surface area contributed by atoms with E-state index in [-0.39, 0.29) is 5.75 Å². The summed E-state index contributed by atoms with van der Waals surface area (Å²) in [5, 5.41) is 9.03. The lowest BCUT2D eigenvalue weighted by Crippen LogP contribution is -1.97. The van der Waals surface area contributed by atoms with E-state index >= 15 is 0 Å². The number of rotatable bonds is 1. The zero-order valence-corrected chi connectivity index (χ0v) is 6.16. The summed E-state index contributed by atoms with van der Waals surface area (Å²) < 4.78 is 4.84. The van der Waals surface area contributed by atoms with Crippen LogP contribution in [0.2, 0.25) is 0 Å². The third-order valence-electron chi connectivity index (χ3n) is 1.38. The second-order valence-electron chi connectivity index (χ2n) is 2.15. The smallest absolute Gasteiger partial charge is 0.147 e. The summed E-state index contributed by atoms with van der Waals surface area (Å²) in [6, 6.07) is 2.78. The van der Waals surface area contributed by atoms with Gasteiger partial charge in [-0.3, -0.25) is 0 Å². The van der Waals surface area contributed by atoms with Crippen LogP contribution in [-0.2, 0) is 0 Å². The topological polar surface area (TPSA) is 81.5 Å². The fourth-order valence-corrected chi connectivity index (χ4v) is 0.802. The van der Waals surface area contributed by atoms with Crippen LogP contribution in [0.4, 0.5) is 11.4 Å². The highest BCUT2D eigenvalue weighted by Crippen LogP contribution is 2.31. The molecule has 4 heteroatoms. The lowest BCUT2D eigenvalue weighted by molar-refractivity contribution is 0.410. The fraction of sp³-hybridized carbons (Fsp3) is 0.143. The molecule has 0 aliphatic rings. The van der Waals surface area contributed by atoms with Gasteiger partial charge < -0.3 is 21.3 Å². The Labute approximate surface area is 64.4 Å². The predicted octanol–water partition coefficient (Wildman–Crippen LogP) is 0.565. The molecule has 0 aliphatic carbocycles. The van der Waals surface area contributed by atoms with Crippen LogP contribution in [-0.4, -0.2) is 12.2 Å². The van der Waals surface area contributed by atoms with E-state index in [1.807, 2.05) is 0 Å². The molecule has 11 heavy (non-hydrogen) atoms. The van der Waals surface area contributed by atoms with E-state index in [0.717, 1.165) is 0 Å². The van der Waals surface area contributed by atoms with Gasteiger partial charge in [0.25, 0.3) is 0 Å². The van der Waals surface area contributed by atoms with E-state index in [2.05, 4.69) is 0 Å². The second kappa shape index (κ2) is 2.57. The van der Waals surface area contributed by atoms with Gasteiger partial charge in [-0.1, -0.05) is 0 Å². The Balaban J connectivity index is 3.24. The van der Waals surface area contributed by atoms with E-state index in [1.54, 1.807) is 0 Å². The molecule has 4 nitrogen and oxygen atoms in total. The van der Waals surface area contributed by atoms with Gasteiger partial charge in [-0.05, 0) is 0 Å². The molecule has 0 amide bonds. The van der Waals surface area contributed by atoms with Crippen molar-refractivity contribution in [2.24, 2.45) is 0 Å². The number of hydrogen-bond acceptors (Lipinski definition) is 4. The van der Waals surface area contributed by atoms with Crippen LogP contribution in [0.1, 0.15) is 0 Å². The van der Waals surface area contributed by atoms with Gasteiger partial charge in [-0.25, -0.2) is 0 Å². The molecule has 5 N–H and O–H groups in total. The number of hydrogen-bond donors (Lipinski definition) is 3. The Hall–Kier alpha value is -1.58. The van der Waals surface area contributed by atoms with Crippen LogP contribution in [0.3, 0.4) is 0 Å². The Kier molecular flexibility index (Phi) is 1.76. The maximum atomic E-state index is 9.03. The average Bonchev–Trinajstić information content (AvgIpc) is 1.96. The van der Waals surface area contributed by atoms with Crippen LogP contribution >= 0.6 is 0 Å². The number of phenols is 1. The molecular weight excluding hydrogens is 144 g/mol. The molecule has 1 rings (SSSR count). The number of aromatic hydroxyl groups is 1. The molecule has 1 aromatic rings. The number of benzene rings is 1. The molecule has 0 spiro atoms. The van der Waals surface area contributed by atoms with Crippen molar-refractivity contribution in [3.63, 3.8) is 0 Å². The van der Waals surface area contributed by atoms with Crippen molar-refractivity contribution in [2.45, 2.75) is 0 Å². The summed E-state index contributed by atoms with van der Waals surface area (Å²) in [6.45, 7) is 0. The first kappa shape index (κ1) is 7.53. The van der Waals surface area contributed by atoms with Crippen LogP contribution in [0, 0.1) is 0 Å². The summed E-state index contributed by atoms with van der Waals surface area (Å²) in [6.07, 6.45) is 0. The van der Waals surface area contributed by atoms with E-state index in [0.29, 0.717) is 17.1 Å². The van der Waals surface area contributed by atoms with Gasteiger partial charge in [0, 0.05) is 12.1 Å². The van der Waals surface area contributed by atoms with Crippen molar-refractivity contribution in [1.29, 1.82) is 0 Å². The molecule has 0 atom stereocenters. The zero-order valence-electron chi connectivity index (χ0n) is 6.16. The quantitative estimate of drug-likeness (QED) is 0.408. The number of nitrogen functional groups attached to an aromatic ring is 2. The average molecular weight is 154 g/mol. The largest absolute Gasteiger partial charge is 0.508 e. The maximum absolute atomic E-state index is 9.03. The Bertz CT molecular complexity index is 273. The molecule has 0 radical (unpaired) electrons. The van der Waals surface area contributed by atoms with Gasteiger partial charge >= 0.3 is 0 Å². The summed E-state index contributed by atoms with van der Waals surface area (Å²) in [5.41, 5.74) is 11.6. The molecule has 0 saturated carbocycles. The highest BCUT2D eigenvalue weighted by molar-refractivity contribution is 5.72. The molecule has 0 aliphatic heterocycles. The molecule has 1 aromatic carbocycles. The van der Waals surface area contributed by atoms with Gasteiger partial charge in [0.15, 0.2) is 0 Å². The van der Waals surface area contributed by atoms with E-state index in [9.17, 15) is 0 Å². The summed E-state index contributed by atoms with van der Waals surface area (Å²) >= 11 is 0. The molecule has 0 aromatic heterocycles. The lowest BCUT2D eigenvalue weighted by atomic mass is 10.2. The number of anilines is 2. The van der Waals surface area contributed by atoms with E-state index in [1.165, 1.54) is 19.2 Å². The zero-order chi connectivity index (χ0) is 8.43.